The van der Waals surface area contributed by atoms with Crippen molar-refractivity contribution < 1.29 is 13.0 Å². The van der Waals surface area contributed by atoms with E-state index in [1.807, 2.05) is 67.6 Å². The normalized spacial score (nSPS) is 14.2. The standard InChI is InChI=1S/C22H23Cl2N2O3PS/c1-17-12-14-20(15-13-17)31(28,29)26-22(19-10-6-3-7-11-19)21(25-16-30(23,24)27)18-8-4-2-5-9-18/h2-15,21-22,25-26H,16H2,1H3/t21-,22-/m0/s1. The molecule has 0 radical (unpaired) electrons. The molecule has 0 saturated heterocycles. The van der Waals surface area contributed by atoms with Crippen LogP contribution in [-0.2, 0) is 14.6 Å². The van der Waals surface area contributed by atoms with Crippen LogP contribution in [0.15, 0.2) is 89.8 Å². The third-order valence-electron chi connectivity index (χ3n) is 4.76. The minimum atomic E-state index is -3.86. The number of hydrogen-bond donors (Lipinski definition) is 2. The highest BCUT2D eigenvalue weighted by molar-refractivity contribution is 8.08. The van der Waals surface area contributed by atoms with Gasteiger partial charge in [0.15, 0.2) is 0 Å². The fraction of sp³-hybridized carbons (Fsp3) is 0.182. The highest BCUT2D eigenvalue weighted by Crippen LogP contribution is 2.55. The molecule has 0 amide bonds. The number of rotatable bonds is 9. The quantitative estimate of drug-likeness (QED) is 0.357. The van der Waals surface area contributed by atoms with Crippen molar-refractivity contribution in [2.75, 3.05) is 6.29 Å². The van der Waals surface area contributed by atoms with Crippen molar-refractivity contribution in [1.82, 2.24) is 10.0 Å². The first kappa shape index (κ1) is 24.0. The molecule has 3 aromatic rings. The average molecular weight is 497 g/mol. The first-order chi connectivity index (χ1) is 14.7. The van der Waals surface area contributed by atoms with Crippen molar-refractivity contribution in [2.24, 2.45) is 0 Å². The molecule has 31 heavy (non-hydrogen) atoms. The van der Waals surface area contributed by atoms with Gasteiger partial charge in [0.1, 0.15) is 0 Å². The molecule has 2 atom stereocenters. The number of aryl methyl sites for hydroxylation is 1. The van der Waals surface area contributed by atoms with Gasteiger partial charge in [0.25, 0.3) is 5.85 Å². The minimum absolute atomic E-state index is 0.159. The van der Waals surface area contributed by atoms with Gasteiger partial charge in [-0.25, -0.2) is 13.1 Å². The van der Waals surface area contributed by atoms with Crippen LogP contribution in [0.1, 0.15) is 28.8 Å². The number of benzene rings is 3. The van der Waals surface area contributed by atoms with Gasteiger partial charge in [0.2, 0.25) is 10.0 Å². The fourth-order valence-corrected chi connectivity index (χ4v) is 5.29. The summed E-state index contributed by atoms with van der Waals surface area (Å²) in [6.45, 7) is 1.89. The Morgan fingerprint density at radius 2 is 1.29 bits per heavy atom. The molecular weight excluding hydrogens is 474 g/mol. The summed E-state index contributed by atoms with van der Waals surface area (Å²) in [5, 5.41) is 3.10. The molecule has 0 fully saturated rings. The highest BCUT2D eigenvalue weighted by Gasteiger charge is 2.31. The monoisotopic (exact) mass is 496 g/mol. The van der Waals surface area contributed by atoms with Crippen LogP contribution in [0.5, 0.6) is 0 Å². The Morgan fingerprint density at radius 3 is 1.77 bits per heavy atom. The molecule has 2 N–H and O–H groups in total. The lowest BCUT2D eigenvalue weighted by Crippen LogP contribution is -2.38. The van der Waals surface area contributed by atoms with Crippen molar-refractivity contribution in [3.63, 3.8) is 0 Å². The van der Waals surface area contributed by atoms with Crippen molar-refractivity contribution in [3.05, 3.63) is 102 Å². The molecule has 0 heterocycles. The zero-order valence-electron chi connectivity index (χ0n) is 16.8. The lowest BCUT2D eigenvalue weighted by atomic mass is 9.94. The Labute approximate surface area is 192 Å². The summed E-state index contributed by atoms with van der Waals surface area (Å²) in [5.41, 5.74) is 2.49. The summed E-state index contributed by atoms with van der Waals surface area (Å²) >= 11 is 11.6. The average Bonchev–Trinajstić information content (AvgIpc) is 2.74. The second-order valence-electron chi connectivity index (χ2n) is 7.14. The van der Waals surface area contributed by atoms with Crippen LogP contribution < -0.4 is 10.0 Å². The maximum atomic E-state index is 13.2. The first-order valence-electron chi connectivity index (χ1n) is 9.56. The number of nitrogens with one attached hydrogen (secondary N) is 2. The molecule has 0 aliphatic carbocycles. The summed E-state index contributed by atoms with van der Waals surface area (Å²) in [4.78, 5) is 0.159. The Balaban J connectivity index is 2.05. The van der Waals surface area contributed by atoms with E-state index < -0.39 is 28.0 Å². The molecule has 3 rings (SSSR count). The SMILES string of the molecule is Cc1ccc(S(=O)(=O)N[C@@H](c2ccccc2)[C@@H](NCP(=O)(Cl)Cl)c2ccccc2)cc1. The highest BCUT2D eigenvalue weighted by atomic mass is 35.9. The van der Waals surface area contributed by atoms with Gasteiger partial charge in [-0.15, -0.1) is 0 Å². The maximum Gasteiger partial charge on any atom is 0.266 e. The van der Waals surface area contributed by atoms with E-state index in [0.29, 0.717) is 0 Å². The van der Waals surface area contributed by atoms with Crippen molar-refractivity contribution in [1.29, 1.82) is 0 Å². The van der Waals surface area contributed by atoms with E-state index in [4.69, 9.17) is 22.5 Å². The van der Waals surface area contributed by atoms with Gasteiger partial charge in [-0.2, -0.15) is 0 Å². The summed E-state index contributed by atoms with van der Waals surface area (Å²) in [6.07, 6.45) is -0.175. The lowest BCUT2D eigenvalue weighted by molar-refractivity contribution is 0.443. The molecule has 3 aromatic carbocycles. The van der Waals surface area contributed by atoms with Crippen LogP contribution in [0.2, 0.25) is 0 Å². The van der Waals surface area contributed by atoms with Gasteiger partial charge in [0, 0.05) is 0 Å². The summed E-state index contributed by atoms with van der Waals surface area (Å²) in [7, 11) is -3.86. The second kappa shape index (κ2) is 10.3. The zero-order valence-corrected chi connectivity index (χ0v) is 20.0. The van der Waals surface area contributed by atoms with Gasteiger partial charge < -0.3 is 0 Å². The van der Waals surface area contributed by atoms with Crippen LogP contribution >= 0.6 is 28.3 Å². The van der Waals surface area contributed by atoms with E-state index in [1.54, 1.807) is 24.3 Å². The number of halogens is 2. The third-order valence-corrected chi connectivity index (χ3v) is 7.48. The molecule has 9 heteroatoms. The van der Waals surface area contributed by atoms with Gasteiger partial charge in [0.05, 0.1) is 23.3 Å². The summed E-state index contributed by atoms with van der Waals surface area (Å²) in [6, 6.07) is 23.8. The van der Waals surface area contributed by atoms with Crippen LogP contribution in [0.4, 0.5) is 0 Å². The smallest absolute Gasteiger partial charge is 0.266 e. The van der Waals surface area contributed by atoms with E-state index in [2.05, 4.69) is 10.0 Å². The first-order valence-corrected chi connectivity index (χ1v) is 14.7. The molecule has 0 aliphatic heterocycles. The van der Waals surface area contributed by atoms with E-state index in [-0.39, 0.29) is 11.2 Å². The Kier molecular flexibility index (Phi) is 7.98. The third kappa shape index (κ3) is 6.91. The topological polar surface area (TPSA) is 75.3 Å². The van der Waals surface area contributed by atoms with Gasteiger partial charge in [-0.3, -0.25) is 9.88 Å². The molecule has 0 saturated carbocycles. The lowest BCUT2D eigenvalue weighted by Gasteiger charge is -2.30. The van der Waals surface area contributed by atoms with Gasteiger partial charge >= 0.3 is 0 Å². The van der Waals surface area contributed by atoms with Crippen LogP contribution in [0, 0.1) is 6.92 Å². The van der Waals surface area contributed by atoms with E-state index >= 15 is 0 Å². The van der Waals surface area contributed by atoms with Crippen LogP contribution in [-0.4, -0.2) is 14.7 Å². The molecule has 0 unspecified atom stereocenters. The van der Waals surface area contributed by atoms with E-state index in [0.717, 1.165) is 16.7 Å². The largest absolute Gasteiger partial charge is 0.299 e. The zero-order chi connectivity index (χ0) is 22.5. The predicted octanol–water partition coefficient (Wildman–Crippen LogP) is 5.97. The van der Waals surface area contributed by atoms with E-state index in [9.17, 15) is 13.0 Å². The molecule has 0 aliphatic rings. The van der Waals surface area contributed by atoms with Crippen molar-refractivity contribution in [2.45, 2.75) is 23.9 Å². The van der Waals surface area contributed by atoms with Gasteiger partial charge in [-0.05, 0) is 52.7 Å². The fourth-order valence-electron chi connectivity index (χ4n) is 3.23. The molecule has 164 valence electrons. The molecule has 0 bridgehead atoms. The molecular formula is C22H23Cl2N2O3PS. The van der Waals surface area contributed by atoms with Crippen molar-refractivity contribution >= 4 is 38.4 Å². The minimum Gasteiger partial charge on any atom is -0.299 e. The Morgan fingerprint density at radius 1 is 0.806 bits per heavy atom. The second-order valence-corrected chi connectivity index (χ2v) is 14.1. The Bertz CT molecular complexity index is 1140. The van der Waals surface area contributed by atoms with Crippen molar-refractivity contribution in [3.8, 4) is 0 Å². The predicted molar refractivity (Wildman–Crippen MR) is 127 cm³/mol. The molecule has 0 aromatic heterocycles. The van der Waals surface area contributed by atoms with Crippen LogP contribution in [0.25, 0.3) is 0 Å². The maximum absolute atomic E-state index is 13.2. The van der Waals surface area contributed by atoms with Gasteiger partial charge in [-0.1, -0.05) is 78.4 Å². The number of sulfonamides is 1. The van der Waals surface area contributed by atoms with Crippen LogP contribution in [0.3, 0.4) is 0 Å². The molecule has 0 spiro atoms. The van der Waals surface area contributed by atoms with E-state index in [1.165, 1.54) is 0 Å². The Hall–Kier alpha value is -1.66. The number of hydrogen-bond acceptors (Lipinski definition) is 4. The summed E-state index contributed by atoms with van der Waals surface area (Å²) in [5.74, 6) is -3.43. The summed E-state index contributed by atoms with van der Waals surface area (Å²) < 4.78 is 41.2. The molecule has 5 nitrogen and oxygen atoms in total.